The largest absolute Gasteiger partial charge is 0.464 e. The molecule has 1 unspecified atom stereocenters. The summed E-state index contributed by atoms with van der Waals surface area (Å²) in [5.41, 5.74) is -0.468. The van der Waals surface area contributed by atoms with Crippen LogP contribution in [0.15, 0.2) is 0 Å². The molecule has 0 aliphatic carbocycles. The van der Waals surface area contributed by atoms with Crippen molar-refractivity contribution in [1.82, 2.24) is 4.90 Å². The molecule has 14 heavy (non-hydrogen) atoms. The second kappa shape index (κ2) is 6.02. The van der Waals surface area contributed by atoms with Gasteiger partial charge >= 0.3 is 5.97 Å². The van der Waals surface area contributed by atoms with E-state index in [1.54, 1.807) is 0 Å². The number of likely N-dealkylation sites (N-methyl/N-ethyl adjacent to an activating group) is 1. The van der Waals surface area contributed by atoms with E-state index >= 15 is 0 Å². The van der Waals surface area contributed by atoms with Gasteiger partial charge in [-0.15, -0.1) is 0 Å². The van der Waals surface area contributed by atoms with Crippen LogP contribution in [0.1, 0.15) is 40.0 Å². The molecule has 0 aliphatic heterocycles. The van der Waals surface area contributed by atoms with Crippen LogP contribution >= 0.6 is 0 Å². The molecule has 1 atom stereocenters. The lowest BCUT2D eigenvalue weighted by atomic mass is 9.95. The van der Waals surface area contributed by atoms with E-state index < -0.39 is 5.54 Å². The van der Waals surface area contributed by atoms with Crippen LogP contribution in [0.25, 0.3) is 0 Å². The van der Waals surface area contributed by atoms with Crippen LogP contribution in [0.3, 0.4) is 0 Å². The maximum absolute atomic E-state index is 11.8. The zero-order valence-corrected chi connectivity index (χ0v) is 10.1. The molecule has 0 rings (SSSR count). The summed E-state index contributed by atoms with van der Waals surface area (Å²) < 4.78 is 5.19. The second-order valence-corrected chi connectivity index (χ2v) is 4.05. The fourth-order valence-corrected chi connectivity index (χ4v) is 1.35. The van der Waals surface area contributed by atoms with Gasteiger partial charge in [0.2, 0.25) is 0 Å². The summed E-state index contributed by atoms with van der Waals surface area (Å²) in [7, 11) is 3.84. The number of ether oxygens (including phenoxy) is 1. The molecule has 0 radical (unpaired) electrons. The van der Waals surface area contributed by atoms with E-state index in [0.29, 0.717) is 6.61 Å². The quantitative estimate of drug-likeness (QED) is 0.616. The van der Waals surface area contributed by atoms with Gasteiger partial charge in [0.1, 0.15) is 5.54 Å². The Kier molecular flexibility index (Phi) is 5.77. The highest BCUT2D eigenvalue weighted by molar-refractivity contribution is 5.80. The first kappa shape index (κ1) is 13.4. The van der Waals surface area contributed by atoms with Gasteiger partial charge in [-0.2, -0.15) is 0 Å². The molecule has 0 N–H and O–H groups in total. The van der Waals surface area contributed by atoms with Gasteiger partial charge in [-0.3, -0.25) is 9.69 Å². The van der Waals surface area contributed by atoms with Crippen LogP contribution in [-0.2, 0) is 9.53 Å². The first-order valence-electron chi connectivity index (χ1n) is 5.33. The third-order valence-corrected chi connectivity index (χ3v) is 2.60. The molecule has 0 heterocycles. The molecule has 0 aromatic rings. The first-order chi connectivity index (χ1) is 6.49. The summed E-state index contributed by atoms with van der Waals surface area (Å²) in [4.78, 5) is 13.7. The highest BCUT2D eigenvalue weighted by atomic mass is 16.5. The van der Waals surface area contributed by atoms with Gasteiger partial charge in [0.25, 0.3) is 0 Å². The van der Waals surface area contributed by atoms with Crippen molar-refractivity contribution in [3.63, 3.8) is 0 Å². The summed E-state index contributed by atoms with van der Waals surface area (Å²) in [5.74, 6) is -0.105. The fourth-order valence-electron chi connectivity index (χ4n) is 1.35. The Morgan fingerprint density at radius 3 is 2.21 bits per heavy atom. The average molecular weight is 201 g/mol. The first-order valence-corrected chi connectivity index (χ1v) is 5.33. The van der Waals surface area contributed by atoms with Gasteiger partial charge < -0.3 is 4.74 Å². The molecular weight excluding hydrogens is 178 g/mol. The summed E-state index contributed by atoms with van der Waals surface area (Å²) in [5, 5.41) is 0. The Hall–Kier alpha value is -0.570. The predicted molar refractivity (Wildman–Crippen MR) is 58.3 cm³/mol. The van der Waals surface area contributed by atoms with Crippen molar-refractivity contribution in [2.45, 2.75) is 45.6 Å². The van der Waals surface area contributed by atoms with Crippen molar-refractivity contribution in [2.24, 2.45) is 0 Å². The van der Waals surface area contributed by atoms with E-state index in [0.717, 1.165) is 19.3 Å². The van der Waals surface area contributed by atoms with Crippen molar-refractivity contribution in [3.05, 3.63) is 0 Å². The monoisotopic (exact) mass is 201 g/mol. The van der Waals surface area contributed by atoms with Gasteiger partial charge in [-0.05, 0) is 33.9 Å². The lowest BCUT2D eigenvalue weighted by Crippen LogP contribution is -2.49. The molecule has 0 saturated heterocycles. The minimum atomic E-state index is -0.468. The van der Waals surface area contributed by atoms with Crippen molar-refractivity contribution in [3.8, 4) is 0 Å². The minimum absolute atomic E-state index is 0.105. The normalized spacial score (nSPS) is 15.3. The number of rotatable bonds is 6. The van der Waals surface area contributed by atoms with E-state index in [1.807, 2.05) is 32.8 Å². The van der Waals surface area contributed by atoms with Crippen LogP contribution in [0, 0.1) is 0 Å². The fraction of sp³-hybridized carbons (Fsp3) is 0.909. The third-order valence-electron chi connectivity index (χ3n) is 2.60. The Morgan fingerprint density at radius 2 is 1.86 bits per heavy atom. The van der Waals surface area contributed by atoms with Crippen LogP contribution < -0.4 is 0 Å². The van der Waals surface area contributed by atoms with E-state index in [4.69, 9.17) is 4.74 Å². The number of esters is 1. The Labute approximate surface area is 87.4 Å². The van der Waals surface area contributed by atoms with Gasteiger partial charge in [0, 0.05) is 0 Å². The Bertz CT molecular complexity index is 180. The van der Waals surface area contributed by atoms with Crippen LogP contribution in [-0.4, -0.2) is 37.1 Å². The van der Waals surface area contributed by atoms with E-state index in [9.17, 15) is 4.79 Å². The number of hydrogen-bond donors (Lipinski definition) is 0. The van der Waals surface area contributed by atoms with Gasteiger partial charge in [-0.1, -0.05) is 20.3 Å². The summed E-state index contributed by atoms with van der Waals surface area (Å²) >= 11 is 0. The predicted octanol–water partition coefficient (Wildman–Crippen LogP) is 2.06. The third kappa shape index (κ3) is 3.29. The van der Waals surface area contributed by atoms with Crippen molar-refractivity contribution < 1.29 is 9.53 Å². The zero-order valence-electron chi connectivity index (χ0n) is 10.1. The van der Waals surface area contributed by atoms with Gasteiger partial charge in [0.05, 0.1) is 6.61 Å². The number of hydrogen-bond acceptors (Lipinski definition) is 3. The second-order valence-electron chi connectivity index (χ2n) is 4.05. The molecule has 0 fully saturated rings. The van der Waals surface area contributed by atoms with E-state index in [2.05, 4.69) is 6.92 Å². The lowest BCUT2D eigenvalue weighted by molar-refractivity contribution is -0.156. The molecule has 3 nitrogen and oxygen atoms in total. The molecule has 84 valence electrons. The maximum atomic E-state index is 11.8. The molecule has 0 aliphatic rings. The van der Waals surface area contributed by atoms with Gasteiger partial charge in [-0.25, -0.2) is 0 Å². The van der Waals surface area contributed by atoms with E-state index in [1.165, 1.54) is 0 Å². The Morgan fingerprint density at radius 1 is 1.29 bits per heavy atom. The highest BCUT2D eigenvalue weighted by Gasteiger charge is 2.35. The topological polar surface area (TPSA) is 29.5 Å². The standard InChI is InChI=1S/C11H23NO2/c1-6-8-11(3,12(4)5)10(13)14-9-7-2/h6-9H2,1-5H3. The molecule has 0 aromatic carbocycles. The number of carbonyl (C=O) groups is 1. The summed E-state index contributed by atoms with van der Waals surface area (Å²) in [6.07, 6.45) is 2.69. The molecule has 0 aromatic heterocycles. The molecular formula is C11H23NO2. The van der Waals surface area contributed by atoms with Crippen LogP contribution in [0.5, 0.6) is 0 Å². The van der Waals surface area contributed by atoms with Crippen LogP contribution in [0.4, 0.5) is 0 Å². The molecule has 0 spiro atoms. The molecule has 0 amide bonds. The molecule has 0 bridgehead atoms. The van der Waals surface area contributed by atoms with Crippen molar-refractivity contribution >= 4 is 5.97 Å². The lowest BCUT2D eigenvalue weighted by Gasteiger charge is -2.33. The zero-order chi connectivity index (χ0) is 11.2. The SMILES string of the molecule is CCCOC(=O)C(C)(CCC)N(C)C. The summed E-state index contributed by atoms with van der Waals surface area (Å²) in [6, 6.07) is 0. The molecule has 0 saturated carbocycles. The van der Waals surface area contributed by atoms with Crippen LogP contribution in [0.2, 0.25) is 0 Å². The van der Waals surface area contributed by atoms with Crippen molar-refractivity contribution in [2.75, 3.05) is 20.7 Å². The summed E-state index contributed by atoms with van der Waals surface area (Å²) in [6.45, 7) is 6.54. The highest BCUT2D eigenvalue weighted by Crippen LogP contribution is 2.20. The average Bonchev–Trinajstić information content (AvgIpc) is 2.14. The number of nitrogens with zero attached hydrogens (tertiary/aromatic N) is 1. The smallest absolute Gasteiger partial charge is 0.326 e. The number of carbonyl (C=O) groups excluding carboxylic acids is 1. The Balaban J connectivity index is 4.39. The van der Waals surface area contributed by atoms with Crippen molar-refractivity contribution in [1.29, 1.82) is 0 Å². The maximum Gasteiger partial charge on any atom is 0.326 e. The van der Waals surface area contributed by atoms with E-state index in [-0.39, 0.29) is 5.97 Å². The minimum Gasteiger partial charge on any atom is -0.464 e. The van der Waals surface area contributed by atoms with Gasteiger partial charge in [0.15, 0.2) is 0 Å². The molecule has 3 heteroatoms.